The van der Waals surface area contributed by atoms with Gasteiger partial charge in [0.05, 0.1) is 18.5 Å². The van der Waals surface area contributed by atoms with Gasteiger partial charge in [-0.05, 0) is 35.0 Å². The molecule has 21 heavy (non-hydrogen) atoms. The maximum Gasteiger partial charge on any atom is 0.342 e. The number of ether oxygens (including phenoxy) is 1. The van der Waals surface area contributed by atoms with Crippen molar-refractivity contribution in [3.63, 3.8) is 0 Å². The lowest BCUT2D eigenvalue weighted by atomic mass is 10.3. The Kier molecular flexibility index (Phi) is 4.45. The fourth-order valence-electron chi connectivity index (χ4n) is 1.75. The van der Waals surface area contributed by atoms with Gasteiger partial charge in [-0.1, -0.05) is 12.1 Å². The minimum absolute atomic E-state index is 0.114. The Morgan fingerprint density at radius 1 is 1.43 bits per heavy atom. The Bertz CT molecular complexity index is 786. The molecule has 2 aromatic rings. The van der Waals surface area contributed by atoms with Crippen LogP contribution >= 0.6 is 15.9 Å². The molecule has 0 aliphatic carbocycles. The van der Waals surface area contributed by atoms with Crippen LogP contribution in [-0.4, -0.2) is 30.8 Å². The number of rotatable bonds is 4. The highest BCUT2D eigenvalue weighted by atomic mass is 79.9. The number of carbonyl (C=O) groups is 1. The largest absolute Gasteiger partial charge is 0.462 e. The first-order valence-electron chi connectivity index (χ1n) is 5.89. The molecule has 0 amide bonds. The zero-order valence-electron chi connectivity index (χ0n) is 11.0. The van der Waals surface area contributed by atoms with E-state index in [-0.39, 0.29) is 12.2 Å². The summed E-state index contributed by atoms with van der Waals surface area (Å²) in [6.45, 7) is 1.73. The lowest BCUT2D eigenvalue weighted by Crippen LogP contribution is -2.21. The number of aromatic nitrogens is 2. The number of primary sulfonamides is 1. The van der Waals surface area contributed by atoms with Crippen molar-refractivity contribution in [1.82, 2.24) is 9.78 Å². The van der Waals surface area contributed by atoms with Gasteiger partial charge in [0.25, 0.3) is 10.0 Å². The summed E-state index contributed by atoms with van der Waals surface area (Å²) in [7, 11) is -4.17. The fourth-order valence-corrected chi connectivity index (χ4v) is 3.04. The van der Waals surface area contributed by atoms with Crippen LogP contribution in [0.4, 0.5) is 0 Å². The number of carbonyl (C=O) groups excluding carboxylic acids is 1. The zero-order chi connectivity index (χ0) is 15.6. The normalized spacial score (nSPS) is 11.4. The van der Waals surface area contributed by atoms with Crippen LogP contribution in [0.2, 0.25) is 0 Å². The number of halogens is 1. The third kappa shape index (κ3) is 3.14. The van der Waals surface area contributed by atoms with Gasteiger partial charge in [0, 0.05) is 4.47 Å². The second-order valence-corrected chi connectivity index (χ2v) is 6.32. The van der Waals surface area contributed by atoms with Gasteiger partial charge in [-0.15, -0.1) is 0 Å². The maximum atomic E-state index is 11.8. The molecule has 0 atom stereocenters. The van der Waals surface area contributed by atoms with Crippen molar-refractivity contribution >= 4 is 31.9 Å². The summed E-state index contributed by atoms with van der Waals surface area (Å²) < 4.78 is 30.2. The molecular weight excluding hydrogens is 362 g/mol. The van der Waals surface area contributed by atoms with Crippen molar-refractivity contribution in [1.29, 1.82) is 0 Å². The van der Waals surface area contributed by atoms with Gasteiger partial charge in [0.15, 0.2) is 5.03 Å². The fraction of sp³-hybridized carbons (Fsp3) is 0.167. The third-order valence-corrected chi connectivity index (χ3v) is 4.17. The second-order valence-electron chi connectivity index (χ2n) is 3.99. The van der Waals surface area contributed by atoms with E-state index in [1.165, 1.54) is 0 Å². The third-order valence-electron chi connectivity index (χ3n) is 2.57. The Balaban J connectivity index is 2.70. The number of nitrogens with two attached hydrogens (primary N) is 1. The zero-order valence-corrected chi connectivity index (χ0v) is 13.4. The Labute approximate surface area is 129 Å². The molecule has 7 nitrogen and oxygen atoms in total. The Morgan fingerprint density at radius 3 is 2.67 bits per heavy atom. The predicted octanol–water partition coefficient (Wildman–Crippen LogP) is 1.46. The summed E-state index contributed by atoms with van der Waals surface area (Å²) in [5.74, 6) is -0.792. The molecular formula is C12H12BrN3O4S. The number of nitrogens with zero attached hydrogens (tertiary/aromatic N) is 2. The van der Waals surface area contributed by atoms with Gasteiger partial charge in [-0.2, -0.15) is 5.10 Å². The van der Waals surface area contributed by atoms with Gasteiger partial charge < -0.3 is 4.74 Å². The van der Waals surface area contributed by atoms with Crippen LogP contribution in [0.5, 0.6) is 0 Å². The maximum absolute atomic E-state index is 11.8. The van der Waals surface area contributed by atoms with Crippen LogP contribution in [0, 0.1) is 0 Å². The van der Waals surface area contributed by atoms with E-state index >= 15 is 0 Å². The molecule has 0 aliphatic heterocycles. The number of para-hydroxylation sites is 1. The van der Waals surface area contributed by atoms with Crippen LogP contribution in [0.1, 0.15) is 17.3 Å². The van der Waals surface area contributed by atoms with E-state index in [0.717, 1.165) is 10.9 Å². The highest BCUT2D eigenvalue weighted by Crippen LogP contribution is 2.25. The molecule has 1 heterocycles. The van der Waals surface area contributed by atoms with E-state index in [0.29, 0.717) is 10.2 Å². The SMILES string of the molecule is CCOC(=O)c1cnn(-c2ccccc2Br)c1S(N)(=O)=O. The predicted molar refractivity (Wildman–Crippen MR) is 78.6 cm³/mol. The average Bonchev–Trinajstić information content (AvgIpc) is 2.84. The minimum Gasteiger partial charge on any atom is -0.462 e. The molecule has 1 aromatic heterocycles. The topological polar surface area (TPSA) is 104 Å². The van der Waals surface area contributed by atoms with E-state index < -0.39 is 21.0 Å². The summed E-state index contributed by atoms with van der Waals surface area (Å²) in [4.78, 5) is 11.8. The first kappa shape index (κ1) is 15.7. The van der Waals surface area contributed by atoms with Gasteiger partial charge in [0.1, 0.15) is 5.56 Å². The standard InChI is InChI=1S/C12H12BrN3O4S/c1-2-20-12(17)8-7-15-16(11(8)21(14,18)19)10-6-4-3-5-9(10)13/h3-7H,2H2,1H3,(H2,14,18,19). The highest BCUT2D eigenvalue weighted by molar-refractivity contribution is 9.10. The summed E-state index contributed by atoms with van der Waals surface area (Å²) >= 11 is 3.30. The van der Waals surface area contributed by atoms with Crippen LogP contribution in [-0.2, 0) is 14.8 Å². The molecule has 0 fully saturated rings. The summed E-state index contributed by atoms with van der Waals surface area (Å²) in [6.07, 6.45) is 1.12. The van der Waals surface area contributed by atoms with E-state index in [1.54, 1.807) is 31.2 Å². The van der Waals surface area contributed by atoms with Crippen molar-refractivity contribution < 1.29 is 17.9 Å². The van der Waals surface area contributed by atoms with Crippen molar-refractivity contribution in [3.05, 3.63) is 40.5 Å². The van der Waals surface area contributed by atoms with E-state index in [1.807, 2.05) is 0 Å². The average molecular weight is 374 g/mol. The monoisotopic (exact) mass is 373 g/mol. The van der Waals surface area contributed by atoms with Crippen molar-refractivity contribution in [2.75, 3.05) is 6.61 Å². The number of sulfonamides is 1. The Hall–Kier alpha value is -1.71. The van der Waals surface area contributed by atoms with E-state index in [2.05, 4.69) is 21.0 Å². The van der Waals surface area contributed by atoms with Gasteiger partial charge in [-0.3, -0.25) is 0 Å². The Morgan fingerprint density at radius 2 is 2.10 bits per heavy atom. The first-order valence-corrected chi connectivity index (χ1v) is 8.23. The smallest absolute Gasteiger partial charge is 0.342 e. The molecule has 1 aromatic carbocycles. The summed E-state index contributed by atoms with van der Waals surface area (Å²) in [5.41, 5.74) is 0.243. The molecule has 112 valence electrons. The van der Waals surface area contributed by atoms with Crippen molar-refractivity contribution in [2.24, 2.45) is 5.14 Å². The highest BCUT2D eigenvalue weighted by Gasteiger charge is 2.28. The van der Waals surface area contributed by atoms with E-state index in [9.17, 15) is 13.2 Å². The molecule has 9 heteroatoms. The van der Waals surface area contributed by atoms with Crippen LogP contribution < -0.4 is 5.14 Å². The van der Waals surface area contributed by atoms with Crippen molar-refractivity contribution in [2.45, 2.75) is 11.9 Å². The van der Waals surface area contributed by atoms with Crippen molar-refractivity contribution in [3.8, 4) is 5.69 Å². The van der Waals surface area contributed by atoms with Crippen LogP contribution in [0.15, 0.2) is 40.0 Å². The molecule has 0 spiro atoms. The molecule has 0 unspecified atom stereocenters. The first-order chi connectivity index (χ1) is 9.86. The lowest BCUT2D eigenvalue weighted by molar-refractivity contribution is 0.0521. The quantitative estimate of drug-likeness (QED) is 0.816. The molecule has 0 aliphatic rings. The number of benzene rings is 1. The van der Waals surface area contributed by atoms with Crippen LogP contribution in [0.25, 0.3) is 5.69 Å². The number of hydrogen-bond acceptors (Lipinski definition) is 5. The molecule has 0 bridgehead atoms. The number of esters is 1. The molecule has 0 radical (unpaired) electrons. The van der Waals surface area contributed by atoms with E-state index in [4.69, 9.17) is 9.88 Å². The lowest BCUT2D eigenvalue weighted by Gasteiger charge is -2.09. The molecule has 2 rings (SSSR count). The van der Waals surface area contributed by atoms with Gasteiger partial charge in [0.2, 0.25) is 0 Å². The van der Waals surface area contributed by atoms with Gasteiger partial charge in [-0.25, -0.2) is 23.0 Å². The summed E-state index contributed by atoms with van der Waals surface area (Å²) in [6, 6.07) is 6.83. The minimum atomic E-state index is -4.17. The number of hydrogen-bond donors (Lipinski definition) is 1. The van der Waals surface area contributed by atoms with Crippen LogP contribution in [0.3, 0.4) is 0 Å². The second kappa shape index (κ2) is 5.96. The summed E-state index contributed by atoms with van der Waals surface area (Å²) in [5, 5.41) is 8.75. The van der Waals surface area contributed by atoms with Gasteiger partial charge >= 0.3 is 5.97 Å². The molecule has 0 saturated carbocycles. The molecule has 2 N–H and O–H groups in total. The molecule has 0 saturated heterocycles.